The molecule has 2 aromatic carbocycles. The van der Waals surface area contributed by atoms with E-state index in [4.69, 9.17) is 9.47 Å². The molecule has 0 unspecified atom stereocenters. The van der Waals surface area contributed by atoms with Crippen molar-refractivity contribution in [1.82, 2.24) is 0 Å². The molecule has 1 N–H and O–H groups in total. The number of carbonyl (C=O) groups excluding carboxylic acids is 1. The van der Waals surface area contributed by atoms with Crippen LogP contribution in [0.5, 0.6) is 11.5 Å². The van der Waals surface area contributed by atoms with Gasteiger partial charge >= 0.3 is 0 Å². The van der Waals surface area contributed by atoms with Gasteiger partial charge in [-0.2, -0.15) is 0 Å². The normalized spacial score (nSPS) is 15.6. The summed E-state index contributed by atoms with van der Waals surface area (Å²) in [6.07, 6.45) is 1.12. The summed E-state index contributed by atoms with van der Waals surface area (Å²) in [5.74, 6) is 0.812. The van der Waals surface area contributed by atoms with Crippen molar-refractivity contribution in [3.05, 3.63) is 63.8 Å². The molecular weight excluding hydrogens is 458 g/mol. The highest BCUT2D eigenvalue weighted by Crippen LogP contribution is 2.47. The Hall–Kier alpha value is -2.84. The average Bonchev–Trinajstić information content (AvgIpc) is 3.22. The number of amides is 1. The number of sulfone groups is 1. The SMILES string of the molecule is CCCOc1ccc([C@H]2CC(=O)Nc3c(S(=O)(=O)c4cccc(C)c4)csc32)cc1OCC. The maximum atomic E-state index is 13.4. The third kappa shape index (κ3) is 4.63. The third-order valence-electron chi connectivity index (χ3n) is 5.48. The third-order valence-corrected chi connectivity index (χ3v) is 8.50. The Morgan fingerprint density at radius 1 is 1.09 bits per heavy atom. The molecule has 2 heterocycles. The maximum absolute atomic E-state index is 13.4. The van der Waals surface area contributed by atoms with Gasteiger partial charge in [0.1, 0.15) is 4.90 Å². The minimum atomic E-state index is -3.77. The summed E-state index contributed by atoms with van der Waals surface area (Å²) >= 11 is 1.35. The van der Waals surface area contributed by atoms with Crippen LogP contribution >= 0.6 is 11.3 Å². The minimum absolute atomic E-state index is 0.138. The van der Waals surface area contributed by atoms with Gasteiger partial charge in [-0.3, -0.25) is 4.79 Å². The lowest BCUT2D eigenvalue weighted by molar-refractivity contribution is -0.116. The second kappa shape index (κ2) is 9.57. The lowest BCUT2D eigenvalue weighted by atomic mass is 9.90. The molecule has 1 amide bonds. The van der Waals surface area contributed by atoms with Crippen molar-refractivity contribution in [2.75, 3.05) is 18.5 Å². The first kappa shape index (κ1) is 23.3. The highest BCUT2D eigenvalue weighted by atomic mass is 32.2. The predicted molar refractivity (Wildman–Crippen MR) is 129 cm³/mol. The topological polar surface area (TPSA) is 81.7 Å². The van der Waals surface area contributed by atoms with Crippen LogP contribution in [0, 0.1) is 6.92 Å². The van der Waals surface area contributed by atoms with Crippen LogP contribution in [0.25, 0.3) is 0 Å². The predicted octanol–water partition coefficient (Wildman–Crippen LogP) is 5.55. The quantitative estimate of drug-likeness (QED) is 0.452. The molecule has 0 spiro atoms. The zero-order valence-electron chi connectivity index (χ0n) is 18.9. The van der Waals surface area contributed by atoms with E-state index in [1.54, 1.807) is 23.6 Å². The number of anilines is 1. The molecule has 4 rings (SSSR count). The van der Waals surface area contributed by atoms with Gasteiger partial charge in [0.2, 0.25) is 15.7 Å². The molecular formula is C25H27NO5S2. The van der Waals surface area contributed by atoms with Crippen molar-refractivity contribution in [2.24, 2.45) is 0 Å². The molecule has 1 aromatic heterocycles. The highest BCUT2D eigenvalue weighted by Gasteiger charge is 2.34. The number of hydrogen-bond donors (Lipinski definition) is 1. The fourth-order valence-electron chi connectivity index (χ4n) is 3.92. The van der Waals surface area contributed by atoms with E-state index in [0.717, 1.165) is 22.4 Å². The smallest absolute Gasteiger partial charge is 0.225 e. The Morgan fingerprint density at radius 2 is 1.91 bits per heavy atom. The lowest BCUT2D eigenvalue weighted by Crippen LogP contribution is -2.23. The van der Waals surface area contributed by atoms with Crippen LogP contribution in [0.1, 0.15) is 48.6 Å². The number of thiophene rings is 1. The van der Waals surface area contributed by atoms with Gasteiger partial charge in [-0.25, -0.2) is 8.42 Å². The summed E-state index contributed by atoms with van der Waals surface area (Å²) in [6.45, 7) is 6.87. The van der Waals surface area contributed by atoms with Crippen LogP contribution < -0.4 is 14.8 Å². The fraction of sp³-hybridized carbons (Fsp3) is 0.320. The molecule has 0 fully saturated rings. The van der Waals surface area contributed by atoms with Gasteiger partial charge in [0.05, 0.1) is 23.8 Å². The Labute approximate surface area is 198 Å². The van der Waals surface area contributed by atoms with Crippen LogP contribution in [0.3, 0.4) is 0 Å². The summed E-state index contributed by atoms with van der Waals surface area (Å²) in [6, 6.07) is 12.5. The fourth-order valence-corrected chi connectivity index (χ4v) is 6.93. The van der Waals surface area contributed by atoms with Gasteiger partial charge in [-0.05, 0) is 55.7 Å². The first-order valence-corrected chi connectivity index (χ1v) is 13.3. The lowest BCUT2D eigenvalue weighted by Gasteiger charge is -2.24. The van der Waals surface area contributed by atoms with E-state index in [1.807, 2.05) is 45.0 Å². The number of carbonyl (C=O) groups is 1. The molecule has 1 aliphatic rings. The maximum Gasteiger partial charge on any atom is 0.225 e. The van der Waals surface area contributed by atoms with Gasteiger partial charge in [0.15, 0.2) is 11.5 Å². The van der Waals surface area contributed by atoms with Crippen molar-refractivity contribution in [2.45, 2.75) is 49.3 Å². The number of hydrogen-bond acceptors (Lipinski definition) is 6. The van der Waals surface area contributed by atoms with E-state index in [0.29, 0.717) is 30.4 Å². The summed E-state index contributed by atoms with van der Waals surface area (Å²) in [5, 5.41) is 4.44. The highest BCUT2D eigenvalue weighted by molar-refractivity contribution is 7.91. The number of rotatable bonds is 8. The number of ether oxygens (including phenoxy) is 2. The van der Waals surface area contributed by atoms with Crippen molar-refractivity contribution in [3.8, 4) is 11.5 Å². The van der Waals surface area contributed by atoms with Gasteiger partial charge in [0.25, 0.3) is 0 Å². The molecule has 3 aromatic rings. The van der Waals surface area contributed by atoms with Crippen LogP contribution in [0.2, 0.25) is 0 Å². The Balaban J connectivity index is 1.76. The zero-order valence-corrected chi connectivity index (χ0v) is 20.5. The Bertz CT molecular complexity index is 1280. The van der Waals surface area contributed by atoms with E-state index in [9.17, 15) is 13.2 Å². The van der Waals surface area contributed by atoms with E-state index in [1.165, 1.54) is 11.3 Å². The second-order valence-electron chi connectivity index (χ2n) is 7.95. The summed E-state index contributed by atoms with van der Waals surface area (Å²) < 4.78 is 38.3. The number of aryl methyl sites for hydroxylation is 1. The van der Waals surface area contributed by atoms with E-state index < -0.39 is 9.84 Å². The summed E-state index contributed by atoms with van der Waals surface area (Å²) in [5.41, 5.74) is 2.13. The monoisotopic (exact) mass is 485 g/mol. The van der Waals surface area contributed by atoms with Crippen LogP contribution in [-0.2, 0) is 14.6 Å². The summed E-state index contributed by atoms with van der Waals surface area (Å²) in [7, 11) is -3.77. The summed E-state index contributed by atoms with van der Waals surface area (Å²) in [4.78, 5) is 13.8. The van der Waals surface area contributed by atoms with Gasteiger partial charge in [0, 0.05) is 22.6 Å². The van der Waals surface area contributed by atoms with Crippen molar-refractivity contribution < 1.29 is 22.7 Å². The molecule has 1 aliphatic heterocycles. The Morgan fingerprint density at radius 3 is 2.64 bits per heavy atom. The average molecular weight is 486 g/mol. The van der Waals surface area contributed by atoms with Crippen molar-refractivity contribution >= 4 is 32.8 Å². The van der Waals surface area contributed by atoms with Crippen molar-refractivity contribution in [1.29, 1.82) is 0 Å². The minimum Gasteiger partial charge on any atom is -0.490 e. The molecule has 0 saturated heterocycles. The number of fused-ring (bicyclic) bond motifs is 1. The molecule has 33 heavy (non-hydrogen) atoms. The standard InChI is InChI=1S/C25H27NO5S2/c1-4-11-31-20-10-9-17(13-21(20)30-5-2)19-14-23(27)26-24-22(15-32-25(19)24)33(28,29)18-8-6-7-16(3)12-18/h6-10,12-13,15,19H,4-5,11,14H2,1-3H3,(H,26,27)/t19-/m1/s1. The van der Waals surface area contributed by atoms with Crippen LogP contribution in [0.15, 0.2) is 57.6 Å². The molecule has 0 saturated carbocycles. The molecule has 8 heteroatoms. The van der Waals surface area contributed by atoms with Gasteiger partial charge in [-0.1, -0.05) is 25.1 Å². The molecule has 174 valence electrons. The van der Waals surface area contributed by atoms with E-state index in [2.05, 4.69) is 5.32 Å². The van der Waals surface area contributed by atoms with Gasteiger partial charge < -0.3 is 14.8 Å². The number of benzene rings is 2. The first-order valence-electron chi connectivity index (χ1n) is 11.0. The second-order valence-corrected chi connectivity index (χ2v) is 10.8. The molecule has 1 atom stereocenters. The van der Waals surface area contributed by atoms with Gasteiger partial charge in [-0.15, -0.1) is 11.3 Å². The zero-order chi connectivity index (χ0) is 23.6. The Kier molecular flexibility index (Phi) is 6.76. The molecule has 6 nitrogen and oxygen atoms in total. The first-order chi connectivity index (χ1) is 15.8. The van der Waals surface area contributed by atoms with E-state index >= 15 is 0 Å². The molecule has 0 bridgehead atoms. The molecule has 0 aliphatic carbocycles. The number of nitrogens with one attached hydrogen (secondary N) is 1. The largest absolute Gasteiger partial charge is 0.490 e. The molecule has 0 radical (unpaired) electrons. The van der Waals surface area contributed by atoms with Crippen molar-refractivity contribution in [3.63, 3.8) is 0 Å². The van der Waals surface area contributed by atoms with E-state index in [-0.39, 0.29) is 28.0 Å². The van der Waals surface area contributed by atoms with Crippen LogP contribution in [0.4, 0.5) is 5.69 Å². The van der Waals surface area contributed by atoms with Crippen LogP contribution in [-0.4, -0.2) is 27.5 Å².